The Bertz CT molecular complexity index is 413. The second-order valence-electron chi connectivity index (χ2n) is 4.91. The number of ketones is 1. The Morgan fingerprint density at radius 2 is 1.69 bits per heavy atom. The number of allylic oxidation sites excluding steroid dienone is 2. The zero-order chi connectivity index (χ0) is 11.9. The fraction of sp³-hybridized carbons (Fsp3) is 0.750. The standard InChI is InChI=1S/C12H18O3S/c1-3-8(2)12(13)9-6-10-4-5-11(7-9)16(10,14)15/h3,9-11H,4-7H2,1-2H3. The summed E-state index contributed by atoms with van der Waals surface area (Å²) >= 11 is 0. The van der Waals surface area contributed by atoms with Gasteiger partial charge in [0.2, 0.25) is 0 Å². The van der Waals surface area contributed by atoms with E-state index in [9.17, 15) is 13.2 Å². The molecule has 4 heteroatoms. The zero-order valence-corrected chi connectivity index (χ0v) is 10.6. The molecule has 0 aromatic heterocycles. The van der Waals surface area contributed by atoms with E-state index < -0.39 is 9.84 Å². The number of sulfone groups is 1. The van der Waals surface area contributed by atoms with Crippen LogP contribution in [-0.4, -0.2) is 24.7 Å². The first-order valence-electron chi connectivity index (χ1n) is 5.86. The number of fused-ring (bicyclic) bond motifs is 2. The maximum Gasteiger partial charge on any atom is 0.161 e. The molecule has 16 heavy (non-hydrogen) atoms. The van der Waals surface area contributed by atoms with E-state index in [4.69, 9.17) is 0 Å². The summed E-state index contributed by atoms with van der Waals surface area (Å²) in [7, 11) is -2.90. The van der Waals surface area contributed by atoms with E-state index in [0.717, 1.165) is 18.4 Å². The van der Waals surface area contributed by atoms with E-state index in [0.29, 0.717) is 12.8 Å². The highest BCUT2D eigenvalue weighted by Gasteiger charge is 2.48. The van der Waals surface area contributed by atoms with Gasteiger partial charge in [0.25, 0.3) is 0 Å². The van der Waals surface area contributed by atoms with Gasteiger partial charge < -0.3 is 0 Å². The van der Waals surface area contributed by atoms with Gasteiger partial charge in [-0.15, -0.1) is 0 Å². The summed E-state index contributed by atoms with van der Waals surface area (Å²) in [6.45, 7) is 3.66. The number of rotatable bonds is 2. The van der Waals surface area contributed by atoms with E-state index >= 15 is 0 Å². The number of hydrogen-bond donors (Lipinski definition) is 0. The van der Waals surface area contributed by atoms with Gasteiger partial charge in [-0.1, -0.05) is 6.08 Å². The Kier molecular flexibility index (Phi) is 2.95. The molecule has 0 aliphatic carbocycles. The molecule has 0 spiro atoms. The molecule has 2 unspecified atom stereocenters. The van der Waals surface area contributed by atoms with Crippen LogP contribution in [0.5, 0.6) is 0 Å². The average Bonchev–Trinajstić information content (AvgIpc) is 2.48. The van der Waals surface area contributed by atoms with Crippen LogP contribution in [-0.2, 0) is 14.6 Å². The zero-order valence-electron chi connectivity index (χ0n) is 9.77. The minimum atomic E-state index is -2.90. The van der Waals surface area contributed by atoms with Gasteiger partial charge in [-0.05, 0) is 45.1 Å². The molecule has 2 aliphatic heterocycles. The molecular formula is C12H18O3S. The minimum absolute atomic E-state index is 0.0581. The van der Waals surface area contributed by atoms with E-state index in [1.165, 1.54) is 0 Å². The highest BCUT2D eigenvalue weighted by atomic mass is 32.2. The molecule has 0 saturated carbocycles. The lowest BCUT2D eigenvalue weighted by molar-refractivity contribution is -0.119. The number of Topliss-reactive ketones (excluding diaryl/α,β-unsaturated/α-hetero) is 1. The van der Waals surface area contributed by atoms with Gasteiger partial charge in [0, 0.05) is 5.92 Å². The third-order valence-electron chi connectivity index (χ3n) is 4.03. The smallest absolute Gasteiger partial charge is 0.161 e. The molecule has 2 aliphatic rings. The molecule has 0 amide bonds. The fourth-order valence-electron chi connectivity index (χ4n) is 2.89. The molecule has 2 bridgehead atoms. The lowest BCUT2D eigenvalue weighted by atomic mass is 9.91. The summed E-state index contributed by atoms with van der Waals surface area (Å²) in [6.07, 6.45) is 4.41. The van der Waals surface area contributed by atoms with Gasteiger partial charge in [-0.2, -0.15) is 0 Å². The largest absolute Gasteiger partial charge is 0.294 e. The molecule has 2 atom stereocenters. The summed E-state index contributed by atoms with van der Waals surface area (Å²) in [4.78, 5) is 12.0. The van der Waals surface area contributed by atoms with Crippen molar-refractivity contribution in [1.29, 1.82) is 0 Å². The van der Waals surface area contributed by atoms with E-state index in [2.05, 4.69) is 0 Å². The molecule has 2 rings (SSSR count). The van der Waals surface area contributed by atoms with Crippen LogP contribution in [0.25, 0.3) is 0 Å². The number of hydrogen-bond acceptors (Lipinski definition) is 3. The lowest BCUT2D eigenvalue weighted by Crippen LogP contribution is -2.36. The molecule has 90 valence electrons. The van der Waals surface area contributed by atoms with Crippen molar-refractivity contribution < 1.29 is 13.2 Å². The summed E-state index contributed by atoms with van der Waals surface area (Å²) in [6, 6.07) is 0. The van der Waals surface area contributed by atoms with Crippen molar-refractivity contribution in [1.82, 2.24) is 0 Å². The SMILES string of the molecule is CC=C(C)C(=O)C1CC2CCC(C1)S2(=O)=O. The van der Waals surface area contributed by atoms with Gasteiger partial charge in [0.05, 0.1) is 10.5 Å². The van der Waals surface area contributed by atoms with E-state index in [1.54, 1.807) is 0 Å². The van der Waals surface area contributed by atoms with Crippen molar-refractivity contribution in [3.8, 4) is 0 Å². The third kappa shape index (κ3) is 1.73. The van der Waals surface area contributed by atoms with Crippen molar-refractivity contribution in [2.24, 2.45) is 5.92 Å². The first kappa shape index (κ1) is 11.8. The molecule has 0 aromatic carbocycles. The molecule has 2 fully saturated rings. The van der Waals surface area contributed by atoms with Crippen LogP contribution in [0.3, 0.4) is 0 Å². The maximum atomic E-state index is 12.0. The highest BCUT2D eigenvalue weighted by Crippen LogP contribution is 2.41. The van der Waals surface area contributed by atoms with Crippen LogP contribution >= 0.6 is 0 Å². The fourth-order valence-corrected chi connectivity index (χ4v) is 5.36. The van der Waals surface area contributed by atoms with Crippen molar-refractivity contribution >= 4 is 15.6 Å². The third-order valence-corrected chi connectivity index (χ3v) is 6.74. The molecule has 0 radical (unpaired) electrons. The molecule has 0 N–H and O–H groups in total. The molecule has 2 heterocycles. The van der Waals surface area contributed by atoms with Crippen molar-refractivity contribution in [2.75, 3.05) is 0 Å². The van der Waals surface area contributed by atoms with Gasteiger partial charge in [-0.25, -0.2) is 8.42 Å². The lowest BCUT2D eigenvalue weighted by Gasteiger charge is -2.27. The topological polar surface area (TPSA) is 51.2 Å². The van der Waals surface area contributed by atoms with Gasteiger partial charge in [0.15, 0.2) is 15.6 Å². The van der Waals surface area contributed by atoms with Crippen LogP contribution in [0, 0.1) is 5.92 Å². The average molecular weight is 242 g/mol. The second kappa shape index (κ2) is 3.99. The minimum Gasteiger partial charge on any atom is -0.294 e. The Balaban J connectivity index is 2.18. The van der Waals surface area contributed by atoms with Crippen LogP contribution in [0.4, 0.5) is 0 Å². The number of carbonyl (C=O) groups is 1. The maximum absolute atomic E-state index is 12.0. The molecular weight excluding hydrogens is 224 g/mol. The Morgan fingerprint density at radius 3 is 2.12 bits per heavy atom. The van der Waals surface area contributed by atoms with Crippen LogP contribution in [0.15, 0.2) is 11.6 Å². The molecule has 2 saturated heterocycles. The molecule has 0 aromatic rings. The summed E-state index contributed by atoms with van der Waals surface area (Å²) in [5.41, 5.74) is 0.767. The van der Waals surface area contributed by atoms with Crippen molar-refractivity contribution in [3.05, 3.63) is 11.6 Å². The van der Waals surface area contributed by atoms with Crippen LogP contribution in [0.2, 0.25) is 0 Å². The van der Waals surface area contributed by atoms with Crippen LogP contribution in [0.1, 0.15) is 39.5 Å². The normalized spacial score (nSPS) is 37.4. The first-order valence-corrected chi connectivity index (χ1v) is 7.47. The molecule has 3 nitrogen and oxygen atoms in total. The quantitative estimate of drug-likeness (QED) is 0.695. The monoisotopic (exact) mass is 242 g/mol. The van der Waals surface area contributed by atoms with Gasteiger partial charge >= 0.3 is 0 Å². The first-order chi connectivity index (χ1) is 7.46. The Hall–Kier alpha value is -0.640. The van der Waals surface area contributed by atoms with Gasteiger partial charge in [0.1, 0.15) is 0 Å². The highest BCUT2D eigenvalue weighted by molar-refractivity contribution is 7.93. The van der Waals surface area contributed by atoms with Gasteiger partial charge in [-0.3, -0.25) is 4.79 Å². The second-order valence-corrected chi connectivity index (χ2v) is 7.43. The predicted octanol–water partition coefficient (Wildman–Crippen LogP) is 1.88. The summed E-state index contributed by atoms with van der Waals surface area (Å²) in [5, 5.41) is -0.491. The Labute approximate surface area is 96.8 Å². The summed E-state index contributed by atoms with van der Waals surface area (Å²) < 4.78 is 23.7. The van der Waals surface area contributed by atoms with E-state index in [1.807, 2.05) is 19.9 Å². The summed E-state index contributed by atoms with van der Waals surface area (Å²) in [5.74, 6) is 0.0894. The predicted molar refractivity (Wildman–Crippen MR) is 62.9 cm³/mol. The Morgan fingerprint density at radius 1 is 1.19 bits per heavy atom. The van der Waals surface area contributed by atoms with E-state index in [-0.39, 0.29) is 22.2 Å². The van der Waals surface area contributed by atoms with Crippen LogP contribution < -0.4 is 0 Å². The van der Waals surface area contributed by atoms with Crippen molar-refractivity contribution in [3.63, 3.8) is 0 Å². The van der Waals surface area contributed by atoms with Crippen molar-refractivity contribution in [2.45, 2.75) is 50.0 Å². The number of carbonyl (C=O) groups excluding carboxylic acids is 1.